The highest BCUT2D eigenvalue weighted by molar-refractivity contribution is 5.97. The molecule has 0 aliphatic heterocycles. The molecule has 0 bridgehead atoms. The maximum absolute atomic E-state index is 4.65. The minimum absolute atomic E-state index is 0.173. The predicted molar refractivity (Wildman–Crippen MR) is 80.7 cm³/mol. The lowest BCUT2D eigenvalue weighted by molar-refractivity contribution is 0.825. The average molecular weight is 248 g/mol. The Morgan fingerprint density at radius 2 is 1.84 bits per heavy atom. The van der Waals surface area contributed by atoms with Crippen LogP contribution in [-0.4, -0.2) is 11.2 Å². The molecule has 0 saturated heterocycles. The number of nitrogens with one attached hydrogen (secondary N) is 1. The Kier molecular flexibility index (Phi) is 3.15. The maximum atomic E-state index is 4.65. The summed E-state index contributed by atoms with van der Waals surface area (Å²) in [6.45, 7) is 2.11. The zero-order valence-electron chi connectivity index (χ0n) is 10.9. The summed E-state index contributed by atoms with van der Waals surface area (Å²) in [7, 11) is 0. The average Bonchev–Trinajstić information content (AvgIpc) is 2.94. The normalized spacial score (nSPS) is 13.1. The number of aliphatic imine (C=N–C) groups is 1. The van der Waals surface area contributed by atoms with E-state index in [-0.39, 0.29) is 6.04 Å². The van der Waals surface area contributed by atoms with Gasteiger partial charge in [-0.15, -0.1) is 0 Å². The number of aromatic nitrogens is 1. The Labute approximate surface area is 112 Å². The lowest BCUT2D eigenvalue weighted by Gasteiger charge is -2.06. The highest BCUT2D eigenvalue weighted by Crippen LogP contribution is 2.18. The van der Waals surface area contributed by atoms with Crippen molar-refractivity contribution in [1.29, 1.82) is 0 Å². The van der Waals surface area contributed by atoms with Crippen molar-refractivity contribution in [2.75, 3.05) is 0 Å². The molecule has 94 valence electrons. The second-order valence-electron chi connectivity index (χ2n) is 4.65. The lowest BCUT2D eigenvalue weighted by Crippen LogP contribution is -1.91. The fourth-order valence-electron chi connectivity index (χ4n) is 2.23. The summed E-state index contributed by atoms with van der Waals surface area (Å²) < 4.78 is 0. The second kappa shape index (κ2) is 5.11. The first-order valence-corrected chi connectivity index (χ1v) is 6.49. The predicted octanol–water partition coefficient (Wildman–Crippen LogP) is 4.35. The molecule has 1 heterocycles. The Morgan fingerprint density at radius 1 is 1.00 bits per heavy atom. The van der Waals surface area contributed by atoms with Crippen LogP contribution in [0.5, 0.6) is 0 Å². The van der Waals surface area contributed by atoms with Crippen LogP contribution in [0.2, 0.25) is 0 Å². The van der Waals surface area contributed by atoms with Crippen molar-refractivity contribution in [3.05, 3.63) is 71.9 Å². The Bertz CT molecular complexity index is 695. The molecule has 1 aromatic heterocycles. The summed E-state index contributed by atoms with van der Waals surface area (Å²) >= 11 is 0. The summed E-state index contributed by atoms with van der Waals surface area (Å²) in [4.78, 5) is 7.91. The van der Waals surface area contributed by atoms with Gasteiger partial charge in [0.1, 0.15) is 0 Å². The van der Waals surface area contributed by atoms with E-state index in [0.717, 1.165) is 11.1 Å². The molecule has 19 heavy (non-hydrogen) atoms. The lowest BCUT2D eigenvalue weighted by atomic mass is 10.1. The van der Waals surface area contributed by atoms with Gasteiger partial charge in [0.25, 0.3) is 0 Å². The molecule has 0 unspecified atom stereocenters. The number of aromatic amines is 1. The quantitative estimate of drug-likeness (QED) is 0.668. The Morgan fingerprint density at radius 3 is 2.68 bits per heavy atom. The van der Waals surface area contributed by atoms with Gasteiger partial charge in [-0.2, -0.15) is 0 Å². The molecule has 3 aromatic rings. The molecular weight excluding hydrogens is 232 g/mol. The smallest absolute Gasteiger partial charge is 0.0721 e. The number of nitrogens with zero attached hydrogens (tertiary/aromatic N) is 1. The van der Waals surface area contributed by atoms with Crippen LogP contribution in [-0.2, 0) is 0 Å². The van der Waals surface area contributed by atoms with Crippen LogP contribution >= 0.6 is 0 Å². The molecule has 1 N–H and O–H groups in total. The molecule has 2 aromatic carbocycles. The van der Waals surface area contributed by atoms with E-state index in [2.05, 4.69) is 53.3 Å². The highest BCUT2D eigenvalue weighted by Gasteiger charge is 2.02. The third-order valence-corrected chi connectivity index (χ3v) is 3.34. The van der Waals surface area contributed by atoms with E-state index in [1.165, 1.54) is 10.9 Å². The van der Waals surface area contributed by atoms with E-state index >= 15 is 0 Å². The summed E-state index contributed by atoms with van der Waals surface area (Å²) in [6, 6.07) is 18.8. The summed E-state index contributed by atoms with van der Waals surface area (Å²) in [6.07, 6.45) is 3.92. The Balaban J connectivity index is 1.89. The minimum Gasteiger partial charge on any atom is -0.361 e. The zero-order valence-corrected chi connectivity index (χ0v) is 10.9. The summed E-state index contributed by atoms with van der Waals surface area (Å²) in [5.41, 5.74) is 3.51. The van der Waals surface area contributed by atoms with Gasteiger partial charge in [-0.25, -0.2) is 0 Å². The molecule has 2 heteroatoms. The van der Waals surface area contributed by atoms with Crippen molar-refractivity contribution >= 4 is 17.1 Å². The van der Waals surface area contributed by atoms with Crippen LogP contribution in [0.1, 0.15) is 24.1 Å². The Hall–Kier alpha value is -2.35. The fourth-order valence-corrected chi connectivity index (χ4v) is 2.23. The summed E-state index contributed by atoms with van der Waals surface area (Å²) in [5.74, 6) is 0. The SMILES string of the molecule is C[C@@H](N=Cc1cccc2cc[nH]c12)c1ccccc1. The van der Waals surface area contributed by atoms with Crippen molar-refractivity contribution in [1.82, 2.24) is 4.98 Å². The van der Waals surface area contributed by atoms with E-state index in [1.54, 1.807) is 0 Å². The highest BCUT2D eigenvalue weighted by atomic mass is 14.8. The zero-order chi connectivity index (χ0) is 13.1. The molecule has 3 rings (SSSR count). The standard InChI is InChI=1S/C17H16N2/c1-13(14-6-3-2-4-7-14)19-12-16-9-5-8-15-10-11-18-17(15)16/h2-13,18H,1H3/t13-/m1/s1. The van der Waals surface area contributed by atoms with E-state index in [1.807, 2.05) is 30.6 Å². The van der Waals surface area contributed by atoms with Gasteiger partial charge >= 0.3 is 0 Å². The largest absolute Gasteiger partial charge is 0.361 e. The first-order valence-electron chi connectivity index (χ1n) is 6.49. The topological polar surface area (TPSA) is 28.1 Å². The molecule has 1 atom stereocenters. The van der Waals surface area contributed by atoms with Crippen molar-refractivity contribution in [3.63, 3.8) is 0 Å². The van der Waals surface area contributed by atoms with Gasteiger partial charge in [-0.1, -0.05) is 48.5 Å². The molecule has 0 spiro atoms. The van der Waals surface area contributed by atoms with Gasteiger partial charge in [-0.3, -0.25) is 4.99 Å². The van der Waals surface area contributed by atoms with Gasteiger partial charge in [0, 0.05) is 23.4 Å². The van der Waals surface area contributed by atoms with Gasteiger partial charge in [0.2, 0.25) is 0 Å². The third kappa shape index (κ3) is 2.43. The van der Waals surface area contributed by atoms with Gasteiger partial charge in [-0.05, 0) is 18.6 Å². The number of hydrogen-bond donors (Lipinski definition) is 1. The van der Waals surface area contributed by atoms with Crippen LogP contribution in [0.3, 0.4) is 0 Å². The maximum Gasteiger partial charge on any atom is 0.0721 e. The van der Waals surface area contributed by atoms with E-state index < -0.39 is 0 Å². The number of rotatable bonds is 3. The molecule has 0 saturated carbocycles. The monoisotopic (exact) mass is 248 g/mol. The van der Waals surface area contributed by atoms with Crippen LogP contribution in [0, 0.1) is 0 Å². The molecule has 0 fully saturated rings. The van der Waals surface area contributed by atoms with Crippen molar-refractivity contribution in [2.45, 2.75) is 13.0 Å². The van der Waals surface area contributed by atoms with E-state index in [9.17, 15) is 0 Å². The van der Waals surface area contributed by atoms with Crippen molar-refractivity contribution < 1.29 is 0 Å². The number of hydrogen-bond acceptors (Lipinski definition) is 1. The molecule has 0 aliphatic rings. The van der Waals surface area contributed by atoms with Crippen LogP contribution in [0.4, 0.5) is 0 Å². The first kappa shape index (κ1) is 11.7. The van der Waals surface area contributed by atoms with E-state index in [4.69, 9.17) is 0 Å². The molecule has 0 amide bonds. The van der Waals surface area contributed by atoms with E-state index in [0.29, 0.717) is 0 Å². The molecule has 0 radical (unpaired) electrons. The molecule has 2 nitrogen and oxygen atoms in total. The van der Waals surface area contributed by atoms with Gasteiger partial charge < -0.3 is 4.98 Å². The summed E-state index contributed by atoms with van der Waals surface area (Å²) in [5, 5.41) is 1.22. The van der Waals surface area contributed by atoms with Gasteiger partial charge in [0.15, 0.2) is 0 Å². The number of fused-ring (bicyclic) bond motifs is 1. The van der Waals surface area contributed by atoms with Crippen LogP contribution < -0.4 is 0 Å². The van der Waals surface area contributed by atoms with Crippen LogP contribution in [0.15, 0.2) is 65.8 Å². The number of para-hydroxylation sites is 1. The van der Waals surface area contributed by atoms with Crippen molar-refractivity contribution in [3.8, 4) is 0 Å². The first-order chi connectivity index (χ1) is 9.34. The number of benzene rings is 2. The van der Waals surface area contributed by atoms with Crippen molar-refractivity contribution in [2.24, 2.45) is 4.99 Å². The second-order valence-corrected chi connectivity index (χ2v) is 4.65. The molecular formula is C17H16N2. The molecule has 0 aliphatic carbocycles. The van der Waals surface area contributed by atoms with Crippen LogP contribution in [0.25, 0.3) is 10.9 Å². The fraction of sp³-hybridized carbons (Fsp3) is 0.118. The number of H-pyrrole nitrogens is 1. The minimum atomic E-state index is 0.173. The third-order valence-electron chi connectivity index (χ3n) is 3.34. The van der Waals surface area contributed by atoms with Gasteiger partial charge in [0.05, 0.1) is 11.6 Å².